The van der Waals surface area contributed by atoms with E-state index in [-0.39, 0.29) is 29.5 Å². The molecule has 0 spiro atoms. The first kappa shape index (κ1) is 25.3. The van der Waals surface area contributed by atoms with E-state index < -0.39 is 19.3 Å². The zero-order valence-electron chi connectivity index (χ0n) is 20.7. The van der Waals surface area contributed by atoms with Crippen LogP contribution in [-0.2, 0) is 15.8 Å². The standard InChI is InChI=1S/C25H31N3O5SSi/c1-25(2,3)35(4,5)33-19-14-21(23-26-20-8-6-7-9-22(20)34-23)27(15-19)24(29)32-16-17-10-12-18(13-11-17)28(30)31/h6-13,19,21H,14-16H2,1-5H3/t19-,21-/m1/s1. The second kappa shape index (κ2) is 9.67. The highest BCUT2D eigenvalue weighted by molar-refractivity contribution is 7.18. The number of thiazole rings is 1. The molecule has 35 heavy (non-hydrogen) atoms. The highest BCUT2D eigenvalue weighted by Crippen LogP contribution is 2.42. The highest BCUT2D eigenvalue weighted by Gasteiger charge is 2.45. The number of benzene rings is 2. The fourth-order valence-electron chi connectivity index (χ4n) is 3.89. The highest BCUT2D eigenvalue weighted by atomic mass is 32.1. The van der Waals surface area contributed by atoms with Crippen molar-refractivity contribution in [2.24, 2.45) is 0 Å². The number of carbonyl (C=O) groups excluding carboxylic acids is 1. The van der Waals surface area contributed by atoms with E-state index in [1.807, 2.05) is 24.3 Å². The summed E-state index contributed by atoms with van der Waals surface area (Å²) in [5.41, 5.74) is 1.61. The second-order valence-electron chi connectivity index (χ2n) is 10.4. The average molecular weight is 514 g/mol. The number of rotatable bonds is 6. The quantitative estimate of drug-likeness (QED) is 0.207. The van der Waals surface area contributed by atoms with Gasteiger partial charge in [-0.15, -0.1) is 11.3 Å². The van der Waals surface area contributed by atoms with Crippen LogP contribution < -0.4 is 0 Å². The molecule has 0 aliphatic carbocycles. The van der Waals surface area contributed by atoms with Gasteiger partial charge in [-0.3, -0.25) is 15.0 Å². The van der Waals surface area contributed by atoms with Crippen molar-refractivity contribution in [3.05, 3.63) is 69.2 Å². The van der Waals surface area contributed by atoms with Gasteiger partial charge in [-0.2, -0.15) is 0 Å². The van der Waals surface area contributed by atoms with Crippen molar-refractivity contribution in [1.82, 2.24) is 9.88 Å². The molecule has 8 nitrogen and oxygen atoms in total. The van der Waals surface area contributed by atoms with Crippen LogP contribution in [0.2, 0.25) is 18.1 Å². The van der Waals surface area contributed by atoms with Crippen LogP contribution in [0.4, 0.5) is 10.5 Å². The molecule has 2 atom stereocenters. The van der Waals surface area contributed by atoms with Crippen LogP contribution >= 0.6 is 11.3 Å². The minimum absolute atomic E-state index is 0.00106. The van der Waals surface area contributed by atoms with Crippen molar-refractivity contribution in [2.75, 3.05) is 6.54 Å². The molecule has 1 aliphatic heterocycles. The van der Waals surface area contributed by atoms with Crippen LogP contribution in [0, 0.1) is 10.1 Å². The molecular formula is C25H31N3O5SSi. The Morgan fingerprint density at radius 2 is 1.89 bits per heavy atom. The normalized spacial score (nSPS) is 18.7. The summed E-state index contributed by atoms with van der Waals surface area (Å²) in [4.78, 5) is 30.2. The van der Waals surface area contributed by atoms with Crippen LogP contribution in [0.25, 0.3) is 10.2 Å². The summed E-state index contributed by atoms with van der Waals surface area (Å²) in [5.74, 6) is 0. The molecule has 1 aromatic heterocycles. The fourth-order valence-corrected chi connectivity index (χ4v) is 6.34. The summed E-state index contributed by atoms with van der Waals surface area (Å²) in [5, 5.41) is 11.8. The average Bonchev–Trinajstić information content (AvgIpc) is 3.40. The Kier molecular flexibility index (Phi) is 6.99. The van der Waals surface area contributed by atoms with Crippen molar-refractivity contribution >= 4 is 41.7 Å². The molecule has 1 aliphatic rings. The first-order chi connectivity index (χ1) is 16.4. The number of fused-ring (bicyclic) bond motifs is 1. The maximum atomic E-state index is 13.2. The Bertz CT molecular complexity index is 1190. The molecule has 2 heterocycles. The summed E-state index contributed by atoms with van der Waals surface area (Å²) in [6.07, 6.45) is 0.132. The van der Waals surface area contributed by atoms with E-state index in [0.717, 1.165) is 15.2 Å². The number of ether oxygens (including phenoxy) is 1. The van der Waals surface area contributed by atoms with E-state index in [1.54, 1.807) is 28.4 Å². The summed E-state index contributed by atoms with van der Waals surface area (Å²) in [6, 6.07) is 13.7. The Labute approximate surface area is 210 Å². The molecule has 186 valence electrons. The lowest BCUT2D eigenvalue weighted by Gasteiger charge is -2.38. The molecule has 4 rings (SSSR count). The van der Waals surface area contributed by atoms with E-state index in [2.05, 4.69) is 33.9 Å². The first-order valence-corrected chi connectivity index (χ1v) is 15.4. The van der Waals surface area contributed by atoms with Gasteiger partial charge in [0.15, 0.2) is 8.32 Å². The first-order valence-electron chi connectivity index (χ1n) is 11.6. The van der Waals surface area contributed by atoms with Gasteiger partial charge in [0.05, 0.1) is 27.3 Å². The molecule has 3 aromatic rings. The summed E-state index contributed by atoms with van der Waals surface area (Å²) in [6.45, 7) is 11.5. The molecule has 1 amide bonds. The zero-order valence-corrected chi connectivity index (χ0v) is 22.5. The summed E-state index contributed by atoms with van der Waals surface area (Å²) >= 11 is 1.59. The molecule has 2 aromatic carbocycles. The second-order valence-corrected chi connectivity index (χ2v) is 16.2. The monoisotopic (exact) mass is 513 g/mol. The minimum atomic E-state index is -2.03. The van der Waals surface area contributed by atoms with E-state index in [0.29, 0.717) is 18.5 Å². The molecule has 1 saturated heterocycles. The van der Waals surface area contributed by atoms with Gasteiger partial charge in [0.25, 0.3) is 5.69 Å². The molecule has 0 radical (unpaired) electrons. The minimum Gasteiger partial charge on any atom is -0.445 e. The van der Waals surface area contributed by atoms with E-state index >= 15 is 0 Å². The fraction of sp³-hybridized carbons (Fsp3) is 0.440. The number of nitro groups is 1. The van der Waals surface area contributed by atoms with Crippen LogP contribution in [0.5, 0.6) is 0 Å². The Morgan fingerprint density at radius 3 is 2.51 bits per heavy atom. The number of carbonyl (C=O) groups is 1. The predicted molar refractivity (Wildman–Crippen MR) is 139 cm³/mol. The molecule has 10 heteroatoms. The van der Waals surface area contributed by atoms with Gasteiger partial charge >= 0.3 is 6.09 Å². The third-order valence-electron chi connectivity index (χ3n) is 6.87. The smallest absolute Gasteiger partial charge is 0.410 e. The molecule has 1 fully saturated rings. The Morgan fingerprint density at radius 1 is 1.20 bits per heavy atom. The SMILES string of the molecule is CC(C)(C)[Si](C)(C)O[C@@H]1C[C@H](c2nc3ccccc3s2)N(C(=O)OCc2ccc([N+](=O)[O-])cc2)C1. The number of non-ortho nitro benzene ring substituents is 1. The maximum Gasteiger partial charge on any atom is 0.410 e. The van der Waals surface area contributed by atoms with E-state index in [1.165, 1.54) is 12.1 Å². The van der Waals surface area contributed by atoms with Crippen molar-refractivity contribution < 1.29 is 18.9 Å². The third-order valence-corrected chi connectivity index (χ3v) is 12.5. The summed E-state index contributed by atoms with van der Waals surface area (Å²) < 4.78 is 13.4. The van der Waals surface area contributed by atoms with Gasteiger partial charge in [0.1, 0.15) is 11.6 Å². The van der Waals surface area contributed by atoms with Crippen LogP contribution in [-0.4, -0.2) is 41.9 Å². The number of hydrogen-bond acceptors (Lipinski definition) is 7. The van der Waals surface area contributed by atoms with Crippen LogP contribution in [0.15, 0.2) is 48.5 Å². The molecule has 0 unspecified atom stereocenters. The number of amides is 1. The van der Waals surface area contributed by atoms with Gasteiger partial charge in [-0.1, -0.05) is 32.9 Å². The van der Waals surface area contributed by atoms with Crippen molar-refractivity contribution in [3.63, 3.8) is 0 Å². The van der Waals surface area contributed by atoms with Crippen molar-refractivity contribution in [1.29, 1.82) is 0 Å². The van der Waals surface area contributed by atoms with Gasteiger partial charge in [-0.25, -0.2) is 9.78 Å². The number of hydrogen-bond donors (Lipinski definition) is 0. The van der Waals surface area contributed by atoms with E-state index in [4.69, 9.17) is 14.1 Å². The van der Waals surface area contributed by atoms with Crippen LogP contribution in [0.3, 0.4) is 0 Å². The molecule has 0 N–H and O–H groups in total. The predicted octanol–water partition coefficient (Wildman–Crippen LogP) is 6.68. The lowest BCUT2D eigenvalue weighted by atomic mass is 10.2. The van der Waals surface area contributed by atoms with Gasteiger partial charge in [0.2, 0.25) is 0 Å². The number of para-hydroxylation sites is 1. The largest absolute Gasteiger partial charge is 0.445 e. The lowest BCUT2D eigenvalue weighted by molar-refractivity contribution is -0.384. The number of nitro benzene ring substituents is 1. The van der Waals surface area contributed by atoms with Crippen molar-refractivity contribution in [2.45, 2.75) is 64.1 Å². The molecular weight excluding hydrogens is 482 g/mol. The molecule has 0 bridgehead atoms. The van der Waals surface area contributed by atoms with E-state index in [9.17, 15) is 14.9 Å². The Balaban J connectivity index is 1.53. The zero-order chi connectivity index (χ0) is 25.4. The third kappa shape index (κ3) is 5.55. The summed E-state index contributed by atoms with van der Waals surface area (Å²) in [7, 11) is -2.03. The maximum absolute atomic E-state index is 13.2. The number of nitrogens with zero attached hydrogens (tertiary/aromatic N) is 3. The number of likely N-dealkylation sites (tertiary alicyclic amines) is 1. The van der Waals surface area contributed by atoms with Gasteiger partial charge < -0.3 is 9.16 Å². The van der Waals surface area contributed by atoms with Gasteiger partial charge in [0, 0.05) is 25.1 Å². The van der Waals surface area contributed by atoms with Crippen molar-refractivity contribution in [3.8, 4) is 0 Å². The van der Waals surface area contributed by atoms with Gasteiger partial charge in [-0.05, 0) is 48.0 Å². The van der Waals surface area contributed by atoms with Crippen LogP contribution in [0.1, 0.15) is 43.8 Å². The lowest BCUT2D eigenvalue weighted by Crippen LogP contribution is -2.44. The number of aromatic nitrogens is 1. The Hall–Kier alpha value is -2.82. The molecule has 0 saturated carbocycles. The topological polar surface area (TPSA) is 94.8 Å².